The van der Waals surface area contributed by atoms with Crippen LogP contribution in [0.1, 0.15) is 78.8 Å². The molecular formula is C42H43IrN2O3-. The largest absolute Gasteiger partial charge is 0.512 e. The van der Waals surface area contributed by atoms with Gasteiger partial charge in [-0.25, -0.2) is 0 Å². The molecule has 6 aromatic rings. The van der Waals surface area contributed by atoms with Gasteiger partial charge >= 0.3 is 0 Å². The van der Waals surface area contributed by atoms with Crippen LogP contribution < -0.4 is 4.74 Å². The number of hydrogen-bond acceptors (Lipinski definition) is 5. The molecule has 1 radical (unpaired) electrons. The number of aliphatic hydroxyl groups is 1. The quantitative estimate of drug-likeness (QED) is 0.0716. The van der Waals surface area contributed by atoms with E-state index in [1.807, 2.05) is 52.2 Å². The number of hydrogen-bond donors (Lipinski definition) is 1. The van der Waals surface area contributed by atoms with Crippen LogP contribution in [0.2, 0.25) is 0 Å². The number of fused-ring (bicyclic) bond motifs is 7. The van der Waals surface area contributed by atoms with E-state index in [1.54, 1.807) is 0 Å². The molecule has 7 rings (SSSR count). The number of ketones is 1. The molecule has 1 aliphatic rings. The predicted octanol–water partition coefficient (Wildman–Crippen LogP) is 11.7. The monoisotopic (exact) mass is 816 g/mol. The summed E-state index contributed by atoms with van der Waals surface area (Å²) >= 11 is 0. The minimum atomic E-state index is 0. The van der Waals surface area contributed by atoms with Crippen LogP contribution in [0.3, 0.4) is 0 Å². The van der Waals surface area contributed by atoms with Gasteiger partial charge in [0, 0.05) is 72.6 Å². The van der Waals surface area contributed by atoms with Crippen LogP contribution in [0.4, 0.5) is 0 Å². The molecule has 0 spiro atoms. The molecule has 0 amide bonds. The zero-order valence-corrected chi connectivity index (χ0v) is 31.0. The van der Waals surface area contributed by atoms with Gasteiger partial charge in [0.05, 0.1) is 11.5 Å². The number of nitrogens with zero attached hydrogens (tertiary/aromatic N) is 2. The summed E-state index contributed by atoms with van der Waals surface area (Å²) in [6.45, 7) is 12.4. The number of rotatable bonds is 8. The van der Waals surface area contributed by atoms with Gasteiger partial charge in [-0.2, -0.15) is 0 Å². The predicted molar refractivity (Wildman–Crippen MR) is 194 cm³/mol. The molecule has 0 aliphatic carbocycles. The first-order chi connectivity index (χ1) is 22.8. The van der Waals surface area contributed by atoms with Crippen molar-refractivity contribution in [1.82, 2.24) is 9.97 Å². The second-order valence-corrected chi connectivity index (χ2v) is 12.8. The smallest absolute Gasteiger partial charge is 0.162 e. The van der Waals surface area contributed by atoms with Crippen LogP contribution >= 0.6 is 0 Å². The Hall–Kier alpha value is -4.12. The van der Waals surface area contributed by atoms with Crippen LogP contribution in [0.15, 0.2) is 84.9 Å². The summed E-state index contributed by atoms with van der Waals surface area (Å²) in [7, 11) is 0. The second kappa shape index (κ2) is 15.0. The van der Waals surface area contributed by atoms with Gasteiger partial charge in [-0.15, -0.1) is 17.5 Å². The van der Waals surface area contributed by atoms with Gasteiger partial charge in [0.2, 0.25) is 0 Å². The Kier molecular flexibility index (Phi) is 11.0. The van der Waals surface area contributed by atoms with Crippen LogP contribution in [0.5, 0.6) is 11.5 Å². The molecule has 6 heteroatoms. The average molecular weight is 816 g/mol. The van der Waals surface area contributed by atoms with Gasteiger partial charge in [0.1, 0.15) is 5.75 Å². The fourth-order valence-corrected chi connectivity index (χ4v) is 6.67. The minimum Gasteiger partial charge on any atom is -0.512 e. The van der Waals surface area contributed by atoms with Crippen LogP contribution in [0, 0.1) is 17.9 Å². The summed E-state index contributed by atoms with van der Waals surface area (Å²) in [5, 5.41) is 18.9. The SMILES string of the molecule is CC(C)c1cc2c(ccc3c4ccnc5c4c(cc23)Oc2cc3ccccc3[c-]c2-5)cn1.CCC(CC)C(=O)/C=C(\O)C(CC)CC.[Ir]. The first-order valence-electron chi connectivity index (χ1n) is 17.0. The molecule has 4 aromatic carbocycles. The van der Waals surface area contributed by atoms with Crippen LogP contribution in [-0.2, 0) is 24.9 Å². The van der Waals surface area contributed by atoms with E-state index in [2.05, 4.69) is 73.4 Å². The summed E-state index contributed by atoms with van der Waals surface area (Å²) < 4.78 is 6.51. The van der Waals surface area contributed by atoms with Gasteiger partial charge in [-0.3, -0.25) is 14.8 Å². The number of ether oxygens (including phenoxy) is 1. The van der Waals surface area contributed by atoms with E-state index < -0.39 is 0 Å². The zero-order chi connectivity index (χ0) is 33.2. The molecule has 0 atom stereocenters. The molecule has 0 unspecified atom stereocenters. The van der Waals surface area contributed by atoms with Gasteiger partial charge in [-0.05, 0) is 71.3 Å². The normalized spacial score (nSPS) is 12.3. The van der Waals surface area contributed by atoms with E-state index in [0.717, 1.165) is 81.1 Å². The maximum Gasteiger partial charge on any atom is 0.162 e. The maximum absolute atomic E-state index is 11.7. The van der Waals surface area contributed by atoms with E-state index >= 15 is 0 Å². The molecule has 2 aromatic heterocycles. The molecule has 5 nitrogen and oxygen atoms in total. The Labute approximate surface area is 296 Å². The van der Waals surface area contributed by atoms with E-state index in [0.29, 0.717) is 5.92 Å². The topological polar surface area (TPSA) is 72.3 Å². The zero-order valence-electron chi connectivity index (χ0n) is 28.6. The maximum atomic E-state index is 11.7. The molecule has 1 N–H and O–H groups in total. The number of aliphatic hydroxyl groups excluding tert-OH is 1. The van der Waals surface area contributed by atoms with E-state index in [9.17, 15) is 9.90 Å². The third-order valence-electron chi connectivity index (χ3n) is 9.61. The fraction of sp³-hybridized carbons (Fsp3) is 0.310. The van der Waals surface area contributed by atoms with E-state index in [-0.39, 0.29) is 43.5 Å². The molecule has 0 bridgehead atoms. The summed E-state index contributed by atoms with van der Waals surface area (Å²) in [5.74, 6) is 2.57. The number of aromatic nitrogens is 2. The Balaban J connectivity index is 0.000000243. The fourth-order valence-electron chi connectivity index (χ4n) is 6.67. The molecule has 249 valence electrons. The number of carbonyl (C=O) groups is 1. The Morgan fingerprint density at radius 3 is 2.25 bits per heavy atom. The Morgan fingerprint density at radius 1 is 0.812 bits per heavy atom. The third-order valence-corrected chi connectivity index (χ3v) is 9.61. The summed E-state index contributed by atoms with van der Waals surface area (Å²) in [6, 6.07) is 24.7. The Morgan fingerprint density at radius 2 is 1.54 bits per heavy atom. The number of allylic oxidation sites excluding steroid dienone is 2. The molecule has 0 saturated heterocycles. The van der Waals surface area contributed by atoms with Gasteiger partial charge in [-0.1, -0.05) is 88.9 Å². The van der Waals surface area contributed by atoms with Crippen molar-refractivity contribution in [3.8, 4) is 22.8 Å². The van der Waals surface area contributed by atoms with Crippen molar-refractivity contribution in [2.24, 2.45) is 11.8 Å². The van der Waals surface area contributed by atoms with Gasteiger partial charge < -0.3 is 9.84 Å². The van der Waals surface area contributed by atoms with Crippen LogP contribution in [-0.4, -0.2) is 20.9 Å². The summed E-state index contributed by atoms with van der Waals surface area (Å²) in [4.78, 5) is 21.1. The minimum absolute atomic E-state index is 0. The third kappa shape index (κ3) is 6.61. The van der Waals surface area contributed by atoms with Crippen molar-refractivity contribution in [2.75, 3.05) is 0 Å². The van der Waals surface area contributed by atoms with Crippen molar-refractivity contribution in [3.63, 3.8) is 0 Å². The number of pyridine rings is 2. The molecular weight excluding hydrogens is 773 g/mol. The standard InChI is InChI=1S/C29H19N2O.C13H24O2.Ir/c1-16(2)25-13-22-19(15-31-25)7-8-20-21-9-10-30-29-24-11-17-5-3-4-6-18(17)12-26(24)32-27(28(21)29)14-23(20)22;1-5-10(6-2)12(14)9-13(15)11(7-3)8-4;/h3-10,12-16H,1-2H3;9-11,14H,5-8H2,1-4H3;/q-1;;/b;12-9-;. The van der Waals surface area contributed by atoms with Crippen molar-refractivity contribution in [1.29, 1.82) is 0 Å². The number of carbonyl (C=O) groups excluding carboxylic acids is 1. The first kappa shape index (κ1) is 35.2. The molecule has 0 saturated carbocycles. The molecule has 1 aliphatic heterocycles. The Bertz CT molecular complexity index is 2150. The van der Waals surface area contributed by atoms with Crippen molar-refractivity contribution in [2.45, 2.75) is 73.1 Å². The van der Waals surface area contributed by atoms with E-state index in [4.69, 9.17) is 9.72 Å². The molecule has 3 heterocycles. The van der Waals surface area contributed by atoms with Crippen molar-refractivity contribution >= 4 is 48.9 Å². The van der Waals surface area contributed by atoms with E-state index in [1.165, 1.54) is 22.2 Å². The molecule has 48 heavy (non-hydrogen) atoms. The van der Waals surface area contributed by atoms with Crippen molar-refractivity contribution in [3.05, 3.63) is 96.7 Å². The van der Waals surface area contributed by atoms with Crippen molar-refractivity contribution < 1.29 is 34.7 Å². The summed E-state index contributed by atoms with van der Waals surface area (Å²) in [5.41, 5.74) is 2.96. The van der Waals surface area contributed by atoms with Crippen LogP contribution in [0.25, 0.3) is 54.3 Å². The molecule has 0 fully saturated rings. The number of benzene rings is 4. The second-order valence-electron chi connectivity index (χ2n) is 12.8. The summed E-state index contributed by atoms with van der Waals surface area (Å²) in [6.07, 6.45) is 8.79. The van der Waals surface area contributed by atoms with Gasteiger partial charge in [0.25, 0.3) is 0 Å². The first-order valence-corrected chi connectivity index (χ1v) is 17.0. The van der Waals surface area contributed by atoms with Gasteiger partial charge in [0.15, 0.2) is 5.78 Å². The average Bonchev–Trinajstić information content (AvgIpc) is 3.08.